The summed E-state index contributed by atoms with van der Waals surface area (Å²) in [5.41, 5.74) is 6.62. The molecule has 20 heavy (non-hydrogen) atoms. The highest BCUT2D eigenvalue weighted by atomic mass is 79.9. The third-order valence-corrected chi connectivity index (χ3v) is 3.02. The van der Waals surface area contributed by atoms with Gasteiger partial charge in [0.1, 0.15) is 0 Å². The minimum Gasteiger partial charge on any atom is -0.380 e. The topological polar surface area (TPSA) is 87.3 Å². The van der Waals surface area contributed by atoms with Crippen LogP contribution in [0.2, 0.25) is 0 Å². The summed E-state index contributed by atoms with van der Waals surface area (Å²) in [5.74, 6) is 0.138. The number of carbonyl (C=O) groups excluding carboxylic acids is 1. The Hall–Kier alpha value is -1.99. The molecule has 0 atom stereocenters. The summed E-state index contributed by atoms with van der Waals surface area (Å²) < 4.78 is 0.931. The van der Waals surface area contributed by atoms with Crippen molar-refractivity contribution in [3.63, 3.8) is 0 Å². The number of nitrogen functional groups attached to an aromatic ring is 1. The maximum Gasteiger partial charge on any atom is 0.236 e. The molecule has 1 aromatic heterocycles. The van der Waals surface area contributed by atoms with Gasteiger partial charge >= 0.3 is 0 Å². The second-order valence-corrected chi connectivity index (χ2v) is 4.84. The summed E-state index contributed by atoms with van der Waals surface area (Å²) in [6, 6.07) is 7.34. The van der Waals surface area contributed by atoms with E-state index >= 15 is 0 Å². The molecule has 0 aliphatic heterocycles. The van der Waals surface area contributed by atoms with Crippen molar-refractivity contribution >= 4 is 27.5 Å². The number of benzene rings is 1. The number of rotatable bonds is 4. The van der Waals surface area contributed by atoms with Crippen molar-refractivity contribution in [3.05, 3.63) is 34.4 Å². The Morgan fingerprint density at radius 3 is 2.45 bits per heavy atom. The van der Waals surface area contributed by atoms with Gasteiger partial charge in [0.2, 0.25) is 5.75 Å². The number of nitrogens with zero attached hydrogens (tertiary/aromatic N) is 2. The number of Topliss-reactive ketones (excluding diaryl/α,β-unsaturated/α-hetero) is 1. The van der Waals surface area contributed by atoms with E-state index in [4.69, 9.17) is 10.6 Å². The van der Waals surface area contributed by atoms with Gasteiger partial charge in [-0.15, -0.1) is 0 Å². The van der Waals surface area contributed by atoms with Crippen LogP contribution in [0.4, 0.5) is 5.82 Å². The van der Waals surface area contributed by atoms with Crippen molar-refractivity contribution in [2.45, 2.75) is 6.92 Å². The highest BCUT2D eigenvalue weighted by Crippen LogP contribution is 2.28. The van der Waals surface area contributed by atoms with Crippen LogP contribution in [0.15, 0.2) is 28.7 Å². The molecule has 0 saturated carbocycles. The van der Waals surface area contributed by atoms with E-state index in [1.165, 1.54) is 14.0 Å². The van der Waals surface area contributed by atoms with Gasteiger partial charge in [0.05, 0.1) is 7.11 Å². The van der Waals surface area contributed by atoms with Gasteiger partial charge in [0.25, 0.3) is 0 Å². The number of carbonyl (C=O) groups is 1. The van der Waals surface area contributed by atoms with Crippen LogP contribution in [0.5, 0.6) is 5.75 Å². The smallest absolute Gasteiger partial charge is 0.236 e. The minimum atomic E-state index is -0.287. The standard InChI is InChI=1S/C13H12BrN3O3/c1-7(18)10-11(20-19-2)12(15)17-13(16-10)8-3-5-9(14)6-4-8/h3-6H,1-2H3,(H2,15,16,17). The normalized spacial score (nSPS) is 10.3. The van der Waals surface area contributed by atoms with E-state index < -0.39 is 0 Å². The molecule has 2 rings (SSSR count). The number of hydrogen-bond acceptors (Lipinski definition) is 6. The van der Waals surface area contributed by atoms with Crippen molar-refractivity contribution in [1.82, 2.24) is 9.97 Å². The Balaban J connectivity index is 2.56. The van der Waals surface area contributed by atoms with Gasteiger partial charge in [0.15, 0.2) is 23.1 Å². The first-order valence-corrected chi connectivity index (χ1v) is 6.47. The van der Waals surface area contributed by atoms with Gasteiger partial charge in [-0.05, 0) is 12.1 Å². The van der Waals surface area contributed by atoms with E-state index in [9.17, 15) is 4.79 Å². The van der Waals surface area contributed by atoms with E-state index in [0.29, 0.717) is 5.82 Å². The summed E-state index contributed by atoms with van der Waals surface area (Å²) in [4.78, 5) is 29.4. The van der Waals surface area contributed by atoms with Gasteiger partial charge in [-0.1, -0.05) is 28.1 Å². The van der Waals surface area contributed by atoms with E-state index in [2.05, 4.69) is 30.8 Å². The first-order valence-electron chi connectivity index (χ1n) is 5.68. The number of halogens is 1. The molecule has 0 aliphatic rings. The summed E-state index contributed by atoms with van der Waals surface area (Å²) in [6.45, 7) is 1.37. The Morgan fingerprint density at radius 2 is 1.90 bits per heavy atom. The average Bonchev–Trinajstić information content (AvgIpc) is 2.41. The molecule has 1 aromatic carbocycles. The third kappa shape index (κ3) is 2.94. The zero-order valence-corrected chi connectivity index (χ0v) is 12.5. The molecule has 7 heteroatoms. The predicted octanol–water partition coefficient (Wildman–Crippen LogP) is 2.63. The summed E-state index contributed by atoms with van der Waals surface area (Å²) in [5, 5.41) is 0. The number of hydrogen-bond donors (Lipinski definition) is 1. The van der Waals surface area contributed by atoms with Gasteiger partial charge < -0.3 is 10.6 Å². The number of anilines is 1. The number of ketones is 1. The van der Waals surface area contributed by atoms with Crippen LogP contribution in [0.1, 0.15) is 17.4 Å². The highest BCUT2D eigenvalue weighted by molar-refractivity contribution is 9.10. The Kier molecular flexibility index (Phi) is 4.31. The lowest BCUT2D eigenvalue weighted by molar-refractivity contribution is -0.178. The molecule has 6 nitrogen and oxygen atoms in total. The summed E-state index contributed by atoms with van der Waals surface area (Å²) in [7, 11) is 1.31. The Morgan fingerprint density at radius 1 is 1.25 bits per heavy atom. The van der Waals surface area contributed by atoms with E-state index in [-0.39, 0.29) is 23.0 Å². The Labute approximate surface area is 124 Å². The van der Waals surface area contributed by atoms with Crippen LogP contribution in [0.3, 0.4) is 0 Å². The monoisotopic (exact) mass is 337 g/mol. The maximum atomic E-state index is 11.6. The molecule has 2 aromatic rings. The van der Waals surface area contributed by atoms with E-state index in [0.717, 1.165) is 10.0 Å². The Bertz CT molecular complexity index is 644. The molecule has 0 unspecified atom stereocenters. The molecule has 2 N–H and O–H groups in total. The fourth-order valence-corrected chi connectivity index (χ4v) is 1.86. The second kappa shape index (κ2) is 5.98. The van der Waals surface area contributed by atoms with Crippen LogP contribution in [-0.4, -0.2) is 22.9 Å². The van der Waals surface area contributed by atoms with Crippen molar-refractivity contribution in [1.29, 1.82) is 0 Å². The van der Waals surface area contributed by atoms with Crippen molar-refractivity contribution < 1.29 is 14.6 Å². The van der Waals surface area contributed by atoms with Crippen molar-refractivity contribution in [2.75, 3.05) is 12.8 Å². The molecule has 0 radical (unpaired) electrons. The van der Waals surface area contributed by atoms with Crippen LogP contribution in [0, 0.1) is 0 Å². The van der Waals surface area contributed by atoms with Gasteiger partial charge in [-0.2, -0.15) is 4.89 Å². The lowest BCUT2D eigenvalue weighted by Gasteiger charge is -2.10. The highest BCUT2D eigenvalue weighted by Gasteiger charge is 2.19. The zero-order valence-electron chi connectivity index (χ0n) is 10.9. The number of aromatic nitrogens is 2. The molecule has 0 fully saturated rings. The fourth-order valence-electron chi connectivity index (χ4n) is 1.60. The molecular weight excluding hydrogens is 326 g/mol. The van der Waals surface area contributed by atoms with Crippen molar-refractivity contribution in [2.24, 2.45) is 0 Å². The molecule has 0 aliphatic carbocycles. The molecule has 0 bridgehead atoms. The van der Waals surface area contributed by atoms with Crippen molar-refractivity contribution in [3.8, 4) is 17.1 Å². The molecule has 0 saturated heterocycles. The second-order valence-electron chi connectivity index (χ2n) is 3.92. The van der Waals surface area contributed by atoms with Crippen LogP contribution < -0.4 is 10.6 Å². The maximum absolute atomic E-state index is 11.6. The molecule has 0 spiro atoms. The first-order chi connectivity index (χ1) is 9.52. The largest absolute Gasteiger partial charge is 0.380 e. The van der Waals surface area contributed by atoms with Crippen LogP contribution >= 0.6 is 15.9 Å². The number of nitrogens with two attached hydrogens (primary N) is 1. The SMILES string of the molecule is COOc1c(N)nc(-c2ccc(Br)cc2)nc1C(C)=O. The molecule has 104 valence electrons. The quantitative estimate of drug-likeness (QED) is 0.524. The first kappa shape index (κ1) is 14.4. The average molecular weight is 338 g/mol. The molecule has 1 heterocycles. The van der Waals surface area contributed by atoms with Gasteiger partial charge in [0, 0.05) is 17.0 Å². The predicted molar refractivity (Wildman–Crippen MR) is 77.2 cm³/mol. The third-order valence-electron chi connectivity index (χ3n) is 2.49. The van der Waals surface area contributed by atoms with E-state index in [1.54, 1.807) is 0 Å². The minimum absolute atomic E-state index is 0.0286. The lowest BCUT2D eigenvalue weighted by Crippen LogP contribution is -2.09. The van der Waals surface area contributed by atoms with Gasteiger partial charge in [-0.25, -0.2) is 9.97 Å². The lowest BCUT2D eigenvalue weighted by atomic mass is 10.2. The molecular formula is C13H12BrN3O3. The summed E-state index contributed by atoms with van der Waals surface area (Å²) in [6.07, 6.45) is 0. The summed E-state index contributed by atoms with van der Waals surface area (Å²) >= 11 is 3.35. The van der Waals surface area contributed by atoms with E-state index in [1.807, 2.05) is 24.3 Å². The van der Waals surface area contributed by atoms with Crippen LogP contribution in [-0.2, 0) is 4.89 Å². The van der Waals surface area contributed by atoms with Gasteiger partial charge in [-0.3, -0.25) is 4.79 Å². The fraction of sp³-hybridized carbons (Fsp3) is 0.154. The van der Waals surface area contributed by atoms with Crippen LogP contribution in [0.25, 0.3) is 11.4 Å². The zero-order chi connectivity index (χ0) is 14.7. The molecule has 0 amide bonds.